The van der Waals surface area contributed by atoms with E-state index in [0.29, 0.717) is 13.0 Å². The van der Waals surface area contributed by atoms with E-state index in [1.165, 1.54) is 12.1 Å². The first kappa shape index (κ1) is 16.1. The number of hydrogen-bond acceptors (Lipinski definition) is 5. The number of rotatable bonds is 7. The summed E-state index contributed by atoms with van der Waals surface area (Å²) in [5, 5.41) is 22.6. The van der Waals surface area contributed by atoms with Crippen LogP contribution in [-0.4, -0.2) is 38.3 Å². The lowest BCUT2D eigenvalue weighted by Gasteiger charge is -2.11. The Hall–Kier alpha value is -1.96. The van der Waals surface area contributed by atoms with Crippen molar-refractivity contribution >= 4 is 28.1 Å². The van der Waals surface area contributed by atoms with Gasteiger partial charge in [0.25, 0.3) is 5.69 Å². The Bertz CT molecular complexity index is 547. The van der Waals surface area contributed by atoms with Gasteiger partial charge in [-0.3, -0.25) is 14.3 Å². The number of nitrogens with zero attached hydrogens (tertiary/aromatic N) is 1. The molecule has 0 fully saturated rings. The lowest BCUT2D eigenvalue weighted by Crippen LogP contribution is -2.15. The van der Waals surface area contributed by atoms with Crippen LogP contribution in [0.15, 0.2) is 18.2 Å². The average Bonchev–Trinajstić information content (AvgIpc) is 2.37. The van der Waals surface area contributed by atoms with Crippen molar-refractivity contribution in [1.82, 2.24) is 0 Å². The Balaban J connectivity index is 2.85. The molecule has 2 unspecified atom stereocenters. The summed E-state index contributed by atoms with van der Waals surface area (Å²) < 4.78 is 11.2. The first-order valence-corrected chi connectivity index (χ1v) is 7.53. The van der Waals surface area contributed by atoms with E-state index < -0.39 is 21.7 Å². The Morgan fingerprint density at radius 2 is 2.20 bits per heavy atom. The normalized spacial score (nSPS) is 13.5. The molecule has 0 saturated heterocycles. The van der Waals surface area contributed by atoms with Crippen LogP contribution in [-0.2, 0) is 10.8 Å². The monoisotopic (exact) mass is 300 g/mol. The molecule has 0 amide bonds. The highest BCUT2D eigenvalue weighted by Gasteiger charge is 2.16. The van der Waals surface area contributed by atoms with Gasteiger partial charge in [0.05, 0.1) is 10.5 Å². The molecule has 0 bridgehead atoms. The maximum atomic E-state index is 11.2. The van der Waals surface area contributed by atoms with Gasteiger partial charge < -0.3 is 10.4 Å². The van der Waals surface area contributed by atoms with E-state index in [-0.39, 0.29) is 22.2 Å². The smallest absolute Gasteiger partial charge is 0.335 e. The summed E-state index contributed by atoms with van der Waals surface area (Å²) in [5.41, 5.74) is -0.0468. The summed E-state index contributed by atoms with van der Waals surface area (Å²) in [5.74, 6) is -1.15. The molecule has 0 heterocycles. The van der Waals surface area contributed by atoms with Crippen LogP contribution in [0.4, 0.5) is 11.4 Å². The van der Waals surface area contributed by atoms with Gasteiger partial charge in [-0.05, 0) is 18.6 Å². The highest BCUT2D eigenvalue weighted by Crippen LogP contribution is 2.25. The van der Waals surface area contributed by atoms with E-state index in [1.54, 1.807) is 6.26 Å². The van der Waals surface area contributed by atoms with Gasteiger partial charge in [0.2, 0.25) is 0 Å². The SMILES string of the molecule is CC(CCNc1cc(C(=O)O)ccc1[N+](=O)[O-])S(C)=O. The minimum atomic E-state index is -1.15. The predicted octanol–water partition coefficient (Wildman–Crippen LogP) is 1.86. The molecule has 8 heteroatoms. The fourth-order valence-electron chi connectivity index (χ4n) is 1.55. The Morgan fingerprint density at radius 3 is 2.70 bits per heavy atom. The molecule has 110 valence electrons. The first-order chi connectivity index (χ1) is 9.32. The fourth-order valence-corrected chi connectivity index (χ4v) is 2.00. The number of carboxylic acid groups (broad SMARTS) is 1. The molecule has 0 saturated carbocycles. The van der Waals surface area contributed by atoms with Gasteiger partial charge in [0.15, 0.2) is 0 Å². The minimum absolute atomic E-state index is 0.0229. The van der Waals surface area contributed by atoms with E-state index in [2.05, 4.69) is 5.32 Å². The number of nitro groups is 1. The molecule has 0 aliphatic rings. The third kappa shape index (κ3) is 4.30. The third-order valence-electron chi connectivity index (χ3n) is 2.87. The van der Waals surface area contributed by atoms with Crippen molar-refractivity contribution in [2.45, 2.75) is 18.6 Å². The minimum Gasteiger partial charge on any atom is -0.478 e. The maximum absolute atomic E-state index is 11.2. The zero-order chi connectivity index (χ0) is 15.3. The molecule has 1 aromatic rings. The molecule has 1 rings (SSSR count). The Labute approximate surface area is 118 Å². The number of anilines is 1. The van der Waals surface area contributed by atoms with Gasteiger partial charge >= 0.3 is 5.97 Å². The van der Waals surface area contributed by atoms with E-state index in [9.17, 15) is 19.1 Å². The van der Waals surface area contributed by atoms with Crippen molar-refractivity contribution in [2.24, 2.45) is 0 Å². The highest BCUT2D eigenvalue weighted by molar-refractivity contribution is 7.84. The summed E-state index contributed by atoms with van der Waals surface area (Å²) in [4.78, 5) is 21.2. The molecule has 0 aliphatic heterocycles. The van der Waals surface area contributed by atoms with E-state index in [4.69, 9.17) is 5.11 Å². The lowest BCUT2D eigenvalue weighted by molar-refractivity contribution is -0.384. The van der Waals surface area contributed by atoms with Crippen LogP contribution >= 0.6 is 0 Å². The largest absolute Gasteiger partial charge is 0.478 e. The average molecular weight is 300 g/mol. The van der Waals surface area contributed by atoms with Crippen LogP contribution in [0.25, 0.3) is 0 Å². The molecule has 0 spiro atoms. The second-order valence-electron chi connectivity index (χ2n) is 4.32. The van der Waals surface area contributed by atoms with Gasteiger partial charge in [-0.15, -0.1) is 0 Å². The maximum Gasteiger partial charge on any atom is 0.335 e. The van der Waals surface area contributed by atoms with Crippen LogP contribution in [0.3, 0.4) is 0 Å². The Morgan fingerprint density at radius 1 is 1.55 bits per heavy atom. The van der Waals surface area contributed by atoms with Crippen LogP contribution in [0.5, 0.6) is 0 Å². The number of carbonyl (C=O) groups is 1. The third-order valence-corrected chi connectivity index (χ3v) is 4.24. The molecule has 2 atom stereocenters. The van der Waals surface area contributed by atoms with Gasteiger partial charge in [0, 0.05) is 34.9 Å². The van der Waals surface area contributed by atoms with Gasteiger partial charge in [-0.25, -0.2) is 4.79 Å². The zero-order valence-electron chi connectivity index (χ0n) is 11.2. The molecule has 0 aliphatic carbocycles. The molecule has 0 aromatic heterocycles. The Kier molecular flexibility index (Phi) is 5.63. The summed E-state index contributed by atoms with van der Waals surface area (Å²) in [6, 6.07) is 3.58. The van der Waals surface area contributed by atoms with Crippen molar-refractivity contribution < 1.29 is 19.0 Å². The van der Waals surface area contributed by atoms with E-state index in [0.717, 1.165) is 6.07 Å². The summed E-state index contributed by atoms with van der Waals surface area (Å²) in [7, 11) is -0.962. The number of carboxylic acids is 1. The van der Waals surface area contributed by atoms with Gasteiger partial charge in [-0.1, -0.05) is 6.92 Å². The molecule has 7 nitrogen and oxygen atoms in total. The molecule has 2 N–H and O–H groups in total. The van der Waals surface area contributed by atoms with Gasteiger partial charge in [-0.2, -0.15) is 0 Å². The number of nitrogens with one attached hydrogen (secondary N) is 1. The first-order valence-electron chi connectivity index (χ1n) is 5.90. The predicted molar refractivity (Wildman–Crippen MR) is 76.7 cm³/mol. The molecule has 0 radical (unpaired) electrons. The van der Waals surface area contributed by atoms with Gasteiger partial charge in [0.1, 0.15) is 5.69 Å². The zero-order valence-corrected chi connectivity index (χ0v) is 12.0. The lowest BCUT2D eigenvalue weighted by atomic mass is 10.1. The summed E-state index contributed by atoms with van der Waals surface area (Å²) in [6.45, 7) is 2.20. The van der Waals surface area contributed by atoms with Crippen LogP contribution < -0.4 is 5.32 Å². The van der Waals surface area contributed by atoms with Crippen LogP contribution in [0.1, 0.15) is 23.7 Å². The fraction of sp³-hybridized carbons (Fsp3) is 0.417. The second-order valence-corrected chi connectivity index (χ2v) is 6.12. The summed E-state index contributed by atoms with van der Waals surface area (Å²) in [6.07, 6.45) is 2.16. The number of aromatic carboxylic acids is 1. The van der Waals surface area contributed by atoms with Crippen molar-refractivity contribution in [3.63, 3.8) is 0 Å². The van der Waals surface area contributed by atoms with E-state index >= 15 is 0 Å². The van der Waals surface area contributed by atoms with Crippen LogP contribution in [0.2, 0.25) is 0 Å². The van der Waals surface area contributed by atoms with Crippen LogP contribution in [0, 0.1) is 10.1 Å². The standard InChI is InChI=1S/C12H16N2O5S/c1-8(20(2)19)5-6-13-10-7-9(12(15)16)3-4-11(10)14(17)18/h3-4,7-8,13H,5-6H2,1-2H3,(H,15,16). The second kappa shape index (κ2) is 6.99. The molecule has 20 heavy (non-hydrogen) atoms. The van der Waals surface area contributed by atoms with E-state index in [1.807, 2.05) is 6.92 Å². The number of hydrogen-bond donors (Lipinski definition) is 2. The number of benzene rings is 1. The van der Waals surface area contributed by atoms with Crippen molar-refractivity contribution in [2.75, 3.05) is 18.1 Å². The van der Waals surface area contributed by atoms with Crippen molar-refractivity contribution in [1.29, 1.82) is 0 Å². The highest BCUT2D eigenvalue weighted by atomic mass is 32.2. The van der Waals surface area contributed by atoms with Crippen molar-refractivity contribution in [3.05, 3.63) is 33.9 Å². The molecular formula is C12H16N2O5S. The van der Waals surface area contributed by atoms with Crippen molar-refractivity contribution in [3.8, 4) is 0 Å². The quantitative estimate of drug-likeness (QED) is 0.587. The number of nitro benzene ring substituents is 1. The molecule has 1 aromatic carbocycles. The topological polar surface area (TPSA) is 110 Å². The summed E-state index contributed by atoms with van der Waals surface area (Å²) >= 11 is 0. The molecular weight excluding hydrogens is 284 g/mol.